The number of aliphatic hydroxyl groups is 1. The topological polar surface area (TPSA) is 107 Å². The quantitative estimate of drug-likeness (QED) is 0.535. The summed E-state index contributed by atoms with van der Waals surface area (Å²) in [6.07, 6.45) is 0. The Morgan fingerprint density at radius 2 is 1.81 bits per heavy atom. The number of nitrogens with one attached hydrogen (secondary N) is 1. The first-order valence-corrected chi connectivity index (χ1v) is 8.22. The van der Waals surface area contributed by atoms with Gasteiger partial charge in [0.05, 0.1) is 0 Å². The fourth-order valence-corrected chi connectivity index (χ4v) is 2.57. The van der Waals surface area contributed by atoms with Crippen LogP contribution in [0.1, 0.15) is 5.56 Å². The Balaban J connectivity index is 2.68. The molecule has 0 saturated carbocycles. The number of hydrogen-bond acceptors (Lipinski definition) is 3. The van der Waals surface area contributed by atoms with Crippen LogP contribution >= 0.6 is 0 Å². The average molecular weight is 289 g/mol. The first kappa shape index (κ1) is 13.0. The molecular formula is C9H12AsNO5. The van der Waals surface area contributed by atoms with Crippen molar-refractivity contribution in [1.82, 2.24) is 0 Å². The van der Waals surface area contributed by atoms with Crippen LogP contribution in [0.5, 0.6) is 0 Å². The van der Waals surface area contributed by atoms with Crippen molar-refractivity contribution in [2.24, 2.45) is 0 Å². The summed E-state index contributed by atoms with van der Waals surface area (Å²) in [7, 11) is 0. The number of carbonyl (C=O) groups excluding carboxylic acids is 1. The van der Waals surface area contributed by atoms with Crippen LogP contribution in [0.3, 0.4) is 0 Å². The predicted octanol–water partition coefficient (Wildman–Crippen LogP) is -0.947. The molecular weight excluding hydrogens is 277 g/mol. The van der Waals surface area contributed by atoms with Crippen molar-refractivity contribution in [2.75, 3.05) is 11.9 Å². The first-order valence-electron chi connectivity index (χ1n) is 4.45. The summed E-state index contributed by atoms with van der Waals surface area (Å²) in [4.78, 5) is 10.8. The summed E-state index contributed by atoms with van der Waals surface area (Å²) in [5, 5.41) is 10.6. The van der Waals surface area contributed by atoms with Crippen LogP contribution in [0.15, 0.2) is 24.3 Å². The Morgan fingerprint density at radius 1 is 1.25 bits per heavy atom. The van der Waals surface area contributed by atoms with Gasteiger partial charge in [0, 0.05) is 0 Å². The van der Waals surface area contributed by atoms with Crippen LogP contribution < -0.4 is 5.32 Å². The molecule has 1 rings (SSSR count). The zero-order chi connectivity index (χ0) is 12.2. The van der Waals surface area contributed by atoms with Crippen molar-refractivity contribution < 1.29 is 21.8 Å². The van der Waals surface area contributed by atoms with Crippen molar-refractivity contribution in [1.29, 1.82) is 0 Å². The van der Waals surface area contributed by atoms with Gasteiger partial charge in [-0.3, -0.25) is 0 Å². The van der Waals surface area contributed by atoms with Crippen molar-refractivity contribution in [3.63, 3.8) is 0 Å². The van der Waals surface area contributed by atoms with E-state index in [1.54, 1.807) is 0 Å². The standard InChI is InChI=1S/C9H12AsNO5/c12-6-9(13)11-8-3-1-7(2-4-8)5-10(14,15)16/h1-4,12H,5-6H2,(H,11,13)(H2,14,15,16). The van der Waals surface area contributed by atoms with Gasteiger partial charge in [-0.2, -0.15) is 0 Å². The van der Waals surface area contributed by atoms with Crippen molar-refractivity contribution in [2.45, 2.75) is 5.21 Å². The van der Waals surface area contributed by atoms with Crippen molar-refractivity contribution in [3.8, 4) is 0 Å². The van der Waals surface area contributed by atoms with E-state index in [4.69, 9.17) is 13.3 Å². The van der Waals surface area contributed by atoms with E-state index in [0.717, 1.165) is 0 Å². The summed E-state index contributed by atoms with van der Waals surface area (Å²) < 4.78 is 28.3. The third-order valence-electron chi connectivity index (χ3n) is 1.77. The summed E-state index contributed by atoms with van der Waals surface area (Å²) in [5.41, 5.74) is 0.982. The fraction of sp³-hybridized carbons (Fsp3) is 0.222. The summed E-state index contributed by atoms with van der Waals surface area (Å²) in [6.45, 7) is -0.604. The summed E-state index contributed by atoms with van der Waals surface area (Å²) in [5.74, 6) is -0.535. The first-order chi connectivity index (χ1) is 7.40. The van der Waals surface area contributed by atoms with Gasteiger partial charge in [0.15, 0.2) is 0 Å². The average Bonchev–Trinajstić information content (AvgIpc) is 2.18. The Bertz CT molecular complexity index is 410. The Morgan fingerprint density at radius 3 is 2.25 bits per heavy atom. The summed E-state index contributed by atoms with van der Waals surface area (Å²) in [6, 6.07) is 6.09. The SMILES string of the molecule is O=C(CO)Nc1ccc(C[As](=O)(O)O)cc1. The Labute approximate surface area is 94.9 Å². The molecule has 0 aliphatic heterocycles. The molecule has 16 heavy (non-hydrogen) atoms. The van der Waals surface area contributed by atoms with Crippen LogP contribution in [0.2, 0.25) is 0 Å². The molecule has 1 aromatic carbocycles. The molecule has 1 amide bonds. The number of amides is 1. The van der Waals surface area contributed by atoms with Crippen LogP contribution in [-0.2, 0) is 13.7 Å². The van der Waals surface area contributed by atoms with E-state index < -0.39 is 26.7 Å². The fourth-order valence-electron chi connectivity index (χ4n) is 1.13. The van der Waals surface area contributed by atoms with Crippen molar-refractivity contribution >= 4 is 25.8 Å². The zero-order valence-electron chi connectivity index (χ0n) is 8.33. The van der Waals surface area contributed by atoms with E-state index in [2.05, 4.69) is 5.32 Å². The van der Waals surface area contributed by atoms with Gasteiger partial charge in [0.1, 0.15) is 0 Å². The van der Waals surface area contributed by atoms with Crippen LogP contribution in [0.25, 0.3) is 0 Å². The van der Waals surface area contributed by atoms with Gasteiger partial charge in [-0.1, -0.05) is 0 Å². The molecule has 0 bridgehead atoms. The van der Waals surface area contributed by atoms with Gasteiger partial charge in [-0.05, 0) is 0 Å². The van der Waals surface area contributed by atoms with E-state index in [1.807, 2.05) is 0 Å². The number of rotatable bonds is 4. The molecule has 0 aliphatic carbocycles. The minimum absolute atomic E-state index is 0.271. The number of carbonyl (C=O) groups is 1. The van der Waals surface area contributed by atoms with E-state index in [9.17, 15) is 8.53 Å². The monoisotopic (exact) mass is 289 g/mol. The minimum atomic E-state index is -4.65. The molecule has 1 aromatic rings. The molecule has 0 fully saturated rings. The van der Waals surface area contributed by atoms with E-state index in [-0.39, 0.29) is 5.21 Å². The molecule has 0 aromatic heterocycles. The molecule has 0 aliphatic rings. The molecule has 0 atom stereocenters. The number of benzene rings is 1. The second kappa shape index (κ2) is 5.32. The normalized spacial score (nSPS) is 11.2. The molecule has 4 N–H and O–H groups in total. The second-order valence-corrected chi connectivity index (χ2v) is 6.68. The molecule has 0 spiro atoms. The van der Waals surface area contributed by atoms with Crippen molar-refractivity contribution in [3.05, 3.63) is 29.8 Å². The predicted molar refractivity (Wildman–Crippen MR) is 56.7 cm³/mol. The number of hydrogen-bond donors (Lipinski definition) is 4. The Kier molecular flexibility index (Phi) is 4.32. The molecule has 0 radical (unpaired) electrons. The number of anilines is 1. The molecule has 0 unspecified atom stereocenters. The number of aliphatic hydroxyl groups excluding tert-OH is 1. The van der Waals surface area contributed by atoms with E-state index in [1.165, 1.54) is 24.3 Å². The maximum atomic E-state index is 10.8. The third-order valence-corrected chi connectivity index (χ3v) is 3.40. The molecule has 7 heteroatoms. The van der Waals surface area contributed by atoms with Gasteiger partial charge >= 0.3 is 94.6 Å². The van der Waals surface area contributed by atoms with E-state index >= 15 is 0 Å². The summed E-state index contributed by atoms with van der Waals surface area (Å²) >= 11 is -4.65. The van der Waals surface area contributed by atoms with Gasteiger partial charge < -0.3 is 0 Å². The van der Waals surface area contributed by atoms with Gasteiger partial charge in [-0.25, -0.2) is 0 Å². The molecule has 0 heterocycles. The van der Waals surface area contributed by atoms with Crippen LogP contribution in [-0.4, -0.2) is 40.0 Å². The molecule has 88 valence electrons. The van der Waals surface area contributed by atoms with Crippen LogP contribution in [0, 0.1) is 0 Å². The molecule has 0 saturated heterocycles. The zero-order valence-corrected chi connectivity index (χ0v) is 10.2. The maximum absolute atomic E-state index is 10.8. The Hall–Kier alpha value is -1.07. The third kappa shape index (κ3) is 4.63. The van der Waals surface area contributed by atoms with Gasteiger partial charge in [-0.15, -0.1) is 0 Å². The van der Waals surface area contributed by atoms with Gasteiger partial charge in [0.25, 0.3) is 0 Å². The van der Waals surface area contributed by atoms with Crippen LogP contribution in [0.4, 0.5) is 5.69 Å². The molecule has 6 nitrogen and oxygen atoms in total. The second-order valence-electron chi connectivity index (χ2n) is 3.23. The van der Waals surface area contributed by atoms with E-state index in [0.29, 0.717) is 11.3 Å². The van der Waals surface area contributed by atoms with Gasteiger partial charge in [0.2, 0.25) is 0 Å².